The third kappa shape index (κ3) is 3.04. The van der Waals surface area contributed by atoms with Crippen LogP contribution >= 0.6 is 0 Å². The quantitative estimate of drug-likeness (QED) is 0.737. The fourth-order valence-corrected chi connectivity index (χ4v) is 2.75. The highest BCUT2D eigenvalue weighted by molar-refractivity contribution is 6.08. The zero-order valence-electron chi connectivity index (χ0n) is 14.8. The van der Waals surface area contributed by atoms with E-state index < -0.39 is 0 Å². The molecule has 0 radical (unpaired) electrons. The number of nitrogens with zero attached hydrogens (tertiary/aromatic N) is 2. The van der Waals surface area contributed by atoms with Gasteiger partial charge in [0.25, 0.3) is 5.91 Å². The molecular weight excluding hydrogens is 304 g/mol. The summed E-state index contributed by atoms with van der Waals surface area (Å²) in [5, 5.41) is 17.3. The van der Waals surface area contributed by atoms with Crippen molar-refractivity contribution in [3.63, 3.8) is 0 Å². The number of nitrogens with one attached hydrogen (secondary N) is 2. The van der Waals surface area contributed by atoms with Gasteiger partial charge in [0.15, 0.2) is 0 Å². The molecule has 2 aromatic rings. The summed E-state index contributed by atoms with van der Waals surface area (Å²) in [5.41, 5.74) is 3.95. The highest BCUT2D eigenvalue weighted by Crippen LogP contribution is 2.35. The maximum atomic E-state index is 12.0. The first-order chi connectivity index (χ1) is 11.5. The van der Waals surface area contributed by atoms with E-state index in [0.29, 0.717) is 23.2 Å². The first kappa shape index (κ1) is 17.7. The molecule has 1 aromatic heterocycles. The Kier molecular flexibility index (Phi) is 5.39. The second-order valence-corrected chi connectivity index (χ2v) is 5.59. The Balaban J connectivity index is 2.92. The monoisotopic (exact) mass is 328 g/mol. The molecule has 128 valence electrons. The van der Waals surface area contributed by atoms with Crippen molar-refractivity contribution in [3.05, 3.63) is 29.0 Å². The molecular formula is C18H24N4O2. The number of hydrogen-bond donors (Lipinski definition) is 3. The molecule has 0 bridgehead atoms. The molecule has 6 nitrogen and oxygen atoms in total. The summed E-state index contributed by atoms with van der Waals surface area (Å²) in [6, 6.07) is 3.59. The normalized spacial score (nSPS) is 11.6. The second-order valence-electron chi connectivity index (χ2n) is 5.59. The second kappa shape index (κ2) is 7.29. The molecule has 3 N–H and O–H groups in total. The largest absolute Gasteiger partial charge is 0.507 e. The minimum absolute atomic E-state index is 0.191. The van der Waals surface area contributed by atoms with Gasteiger partial charge in [-0.3, -0.25) is 9.79 Å². The maximum Gasteiger partial charge on any atom is 0.269 e. The van der Waals surface area contributed by atoms with Crippen LogP contribution in [0.25, 0.3) is 10.9 Å². The van der Waals surface area contributed by atoms with Gasteiger partial charge < -0.3 is 15.7 Å². The number of carbonyl (C=O) groups excluding carboxylic acids is 1. The minimum Gasteiger partial charge on any atom is -0.507 e. The number of pyridine rings is 1. The predicted octanol–water partition coefficient (Wildman–Crippen LogP) is 2.73. The van der Waals surface area contributed by atoms with Crippen molar-refractivity contribution >= 4 is 28.2 Å². The van der Waals surface area contributed by atoms with Crippen molar-refractivity contribution in [2.24, 2.45) is 4.99 Å². The number of fused-ring (bicyclic) bond motifs is 1. The summed E-state index contributed by atoms with van der Waals surface area (Å²) in [7, 11) is 5.07. The highest BCUT2D eigenvalue weighted by atomic mass is 16.3. The maximum absolute atomic E-state index is 12.0. The lowest BCUT2D eigenvalue weighted by molar-refractivity contribution is 0.0958. The lowest BCUT2D eigenvalue weighted by Crippen LogP contribution is -2.19. The number of benzene rings is 1. The van der Waals surface area contributed by atoms with E-state index in [4.69, 9.17) is 0 Å². The molecule has 0 atom stereocenters. The summed E-state index contributed by atoms with van der Waals surface area (Å²) >= 11 is 0. The lowest BCUT2D eigenvalue weighted by Gasteiger charge is -2.16. The number of aliphatic imine (C=N–C) groups is 1. The van der Waals surface area contributed by atoms with Crippen molar-refractivity contribution in [3.8, 4) is 5.75 Å². The van der Waals surface area contributed by atoms with Crippen molar-refractivity contribution in [1.29, 1.82) is 0 Å². The summed E-state index contributed by atoms with van der Waals surface area (Å²) < 4.78 is 0. The zero-order chi connectivity index (χ0) is 17.9. The number of phenolic OH excluding ortho intramolecular Hbond substituents is 1. The first-order valence-electron chi connectivity index (χ1n) is 8.01. The molecule has 1 amide bonds. The Morgan fingerprint density at radius 3 is 2.58 bits per heavy atom. The van der Waals surface area contributed by atoms with Crippen LogP contribution in [0.4, 0.5) is 5.69 Å². The SMILES string of the molecule is CCCc1c(O)c(C(C)=NC)cc2c(NC)cc(C(=O)NC)nc12. The Hall–Kier alpha value is -2.63. The van der Waals surface area contributed by atoms with Gasteiger partial charge in [-0.1, -0.05) is 13.3 Å². The molecule has 1 heterocycles. The molecule has 0 aliphatic carbocycles. The number of aromatic hydroxyl groups is 1. The number of amides is 1. The van der Waals surface area contributed by atoms with Gasteiger partial charge in [0, 0.05) is 49.1 Å². The van der Waals surface area contributed by atoms with Crippen LogP contribution < -0.4 is 10.6 Å². The lowest BCUT2D eigenvalue weighted by atomic mass is 9.96. The fourth-order valence-electron chi connectivity index (χ4n) is 2.75. The molecule has 24 heavy (non-hydrogen) atoms. The van der Waals surface area contributed by atoms with Crippen LogP contribution in [0.2, 0.25) is 0 Å². The topological polar surface area (TPSA) is 86.6 Å². The number of aromatic nitrogens is 1. The minimum atomic E-state index is -0.259. The number of phenols is 1. The molecule has 0 aliphatic rings. The number of rotatable bonds is 5. The van der Waals surface area contributed by atoms with Gasteiger partial charge >= 0.3 is 0 Å². The van der Waals surface area contributed by atoms with E-state index >= 15 is 0 Å². The van der Waals surface area contributed by atoms with Crippen molar-refractivity contribution < 1.29 is 9.90 Å². The van der Waals surface area contributed by atoms with Gasteiger partial charge in [0.2, 0.25) is 0 Å². The third-order valence-corrected chi connectivity index (χ3v) is 4.13. The van der Waals surface area contributed by atoms with Crippen LogP contribution in [0, 0.1) is 0 Å². The average Bonchev–Trinajstić information content (AvgIpc) is 2.61. The molecule has 0 saturated heterocycles. The zero-order valence-corrected chi connectivity index (χ0v) is 14.8. The first-order valence-corrected chi connectivity index (χ1v) is 8.01. The van der Waals surface area contributed by atoms with Gasteiger partial charge in [-0.25, -0.2) is 4.98 Å². The number of hydrogen-bond acceptors (Lipinski definition) is 5. The van der Waals surface area contributed by atoms with Crippen molar-refractivity contribution in [1.82, 2.24) is 10.3 Å². The average molecular weight is 328 g/mol. The van der Waals surface area contributed by atoms with E-state index in [9.17, 15) is 9.90 Å². The van der Waals surface area contributed by atoms with Gasteiger partial charge in [-0.05, 0) is 25.5 Å². The number of carbonyl (C=O) groups is 1. The molecule has 0 saturated carbocycles. The van der Waals surface area contributed by atoms with Gasteiger partial charge in [0.1, 0.15) is 11.4 Å². The van der Waals surface area contributed by atoms with Crippen LogP contribution in [0.1, 0.15) is 41.9 Å². The molecule has 0 spiro atoms. The Bertz CT molecular complexity index is 813. The van der Waals surface area contributed by atoms with Crippen LogP contribution in [0.15, 0.2) is 17.1 Å². The Labute approximate surface area is 142 Å². The van der Waals surface area contributed by atoms with E-state index in [1.54, 1.807) is 27.2 Å². The Morgan fingerprint density at radius 1 is 1.33 bits per heavy atom. The molecule has 1 aromatic carbocycles. The van der Waals surface area contributed by atoms with E-state index in [0.717, 1.165) is 28.8 Å². The van der Waals surface area contributed by atoms with Crippen LogP contribution in [0.5, 0.6) is 5.75 Å². The number of aryl methyl sites for hydroxylation is 1. The van der Waals surface area contributed by atoms with Crippen LogP contribution in [-0.4, -0.2) is 42.9 Å². The third-order valence-electron chi connectivity index (χ3n) is 4.13. The fraction of sp³-hybridized carbons (Fsp3) is 0.389. The van der Waals surface area contributed by atoms with E-state index in [1.807, 2.05) is 19.9 Å². The molecule has 0 aliphatic heterocycles. The molecule has 0 unspecified atom stereocenters. The van der Waals surface area contributed by atoms with Crippen molar-refractivity contribution in [2.45, 2.75) is 26.7 Å². The molecule has 0 fully saturated rings. The summed E-state index contributed by atoms with van der Waals surface area (Å²) in [6.07, 6.45) is 1.52. The van der Waals surface area contributed by atoms with Crippen LogP contribution in [0.3, 0.4) is 0 Å². The van der Waals surface area contributed by atoms with Gasteiger partial charge in [-0.15, -0.1) is 0 Å². The van der Waals surface area contributed by atoms with E-state index in [-0.39, 0.29) is 11.7 Å². The van der Waals surface area contributed by atoms with E-state index in [2.05, 4.69) is 20.6 Å². The standard InChI is InChI=1S/C18H24N4O2/c1-6-7-11-16-13(8-12(17(11)23)10(2)19-3)14(20-4)9-15(22-16)18(24)21-5/h8-9,23H,6-7H2,1-5H3,(H,20,22)(H,21,24). The van der Waals surface area contributed by atoms with Gasteiger partial charge in [0.05, 0.1) is 5.52 Å². The molecule has 2 rings (SSSR count). The van der Waals surface area contributed by atoms with Gasteiger partial charge in [-0.2, -0.15) is 0 Å². The van der Waals surface area contributed by atoms with E-state index in [1.165, 1.54) is 0 Å². The summed E-state index contributed by atoms with van der Waals surface area (Å²) in [5.74, 6) is -0.0678. The highest BCUT2D eigenvalue weighted by Gasteiger charge is 2.19. The predicted molar refractivity (Wildman–Crippen MR) is 98.5 cm³/mol. The molecule has 6 heteroatoms. The van der Waals surface area contributed by atoms with Crippen molar-refractivity contribution in [2.75, 3.05) is 26.5 Å². The summed E-state index contributed by atoms with van der Waals surface area (Å²) in [4.78, 5) is 20.7. The van der Waals surface area contributed by atoms with Crippen LogP contribution in [-0.2, 0) is 6.42 Å². The summed E-state index contributed by atoms with van der Waals surface area (Å²) in [6.45, 7) is 3.91. The Morgan fingerprint density at radius 2 is 2.04 bits per heavy atom. The number of anilines is 1. The smallest absolute Gasteiger partial charge is 0.269 e.